The summed E-state index contributed by atoms with van der Waals surface area (Å²) in [5, 5.41) is 38.1. The molecular formula is C15H20F4N2O15P2. The summed E-state index contributed by atoms with van der Waals surface area (Å²) in [4.78, 5) is 44.1. The summed E-state index contributed by atoms with van der Waals surface area (Å²) in [6, 6.07) is 0.864. The van der Waals surface area contributed by atoms with E-state index in [1.165, 1.54) is 0 Å². The molecule has 2 unspecified atom stereocenters. The zero-order valence-electron chi connectivity index (χ0n) is 18.3. The predicted octanol–water partition coefficient (Wildman–Crippen LogP) is -2.24. The Morgan fingerprint density at radius 1 is 1.08 bits per heavy atom. The number of ether oxygens (including phenoxy) is 2. The Morgan fingerprint density at radius 3 is 2.29 bits per heavy atom. The smallest absolute Gasteiger partial charge is 0.394 e. The van der Waals surface area contributed by atoms with E-state index in [4.69, 9.17) is 9.84 Å². The molecule has 23 heteroatoms. The van der Waals surface area contributed by atoms with Crippen LogP contribution in [0.1, 0.15) is 6.23 Å². The van der Waals surface area contributed by atoms with E-state index in [-0.39, 0.29) is 0 Å². The standard InChI is InChI=1S/C15H20F4N2O15P2/c16-14(17)10(5(23)3-22)34-12(15(14,18)19)35-38(30,31)36-37(28,29)32-4-6-8(25)9(26)11(33-6)21-2-1-7(24)20-13(21)27/h1-2,5-6,8-12,22-23,25-26H,3-4H2,(H,28,29)(H,30,31)(H,20,24,27)/t5-,6-,8-,9-,10+,11-,12-/m1/s1. The number of aromatic nitrogens is 2. The van der Waals surface area contributed by atoms with Crippen molar-refractivity contribution < 1.29 is 79.7 Å². The topological polar surface area (TPSA) is 257 Å². The van der Waals surface area contributed by atoms with Crippen LogP contribution >= 0.6 is 15.6 Å². The van der Waals surface area contributed by atoms with Gasteiger partial charge in [-0.15, -0.1) is 0 Å². The molecule has 0 spiro atoms. The van der Waals surface area contributed by atoms with E-state index in [2.05, 4.69) is 18.1 Å². The SMILES string of the molecule is O=c1ccn([C@@H]2O[C@H](COP(=O)(O)OP(=O)(O)O[C@H]3O[C@@H]([C@H](O)CO)C(F)(F)C3(F)F)[C@@H](O)[C@H]2O)c(=O)[nH]1. The van der Waals surface area contributed by atoms with E-state index in [1.807, 2.05) is 4.98 Å². The molecular weight excluding hydrogens is 586 g/mol. The number of aliphatic hydroxyl groups is 4. The largest absolute Gasteiger partial charge is 0.483 e. The molecule has 3 heterocycles. The van der Waals surface area contributed by atoms with Gasteiger partial charge in [-0.05, 0) is 0 Å². The van der Waals surface area contributed by atoms with Gasteiger partial charge in [0.25, 0.3) is 5.56 Å². The van der Waals surface area contributed by atoms with Crippen LogP contribution in [0, 0.1) is 0 Å². The molecule has 17 nitrogen and oxygen atoms in total. The molecule has 0 aromatic carbocycles. The van der Waals surface area contributed by atoms with Crippen LogP contribution in [0.5, 0.6) is 0 Å². The number of nitrogens with one attached hydrogen (secondary N) is 1. The van der Waals surface area contributed by atoms with Crippen LogP contribution in [0.25, 0.3) is 0 Å². The maximum Gasteiger partial charge on any atom is 0.483 e. The minimum atomic E-state index is -6.18. The molecule has 0 radical (unpaired) electrons. The van der Waals surface area contributed by atoms with Crippen molar-refractivity contribution in [2.24, 2.45) is 0 Å². The van der Waals surface area contributed by atoms with Gasteiger partial charge in [0.1, 0.15) is 24.4 Å². The number of nitrogens with zero attached hydrogens (tertiary/aromatic N) is 1. The fraction of sp³-hybridized carbons (Fsp3) is 0.733. The van der Waals surface area contributed by atoms with Gasteiger partial charge in [0, 0.05) is 12.3 Å². The first-order valence-electron chi connectivity index (χ1n) is 10.1. The number of hydrogen-bond donors (Lipinski definition) is 7. The Bertz CT molecular complexity index is 1230. The lowest BCUT2D eigenvalue weighted by Gasteiger charge is -2.25. The molecule has 0 bridgehead atoms. The maximum absolute atomic E-state index is 14.0. The lowest BCUT2D eigenvalue weighted by atomic mass is 10.0. The monoisotopic (exact) mass is 606 g/mol. The van der Waals surface area contributed by atoms with E-state index >= 15 is 0 Å². The minimum absolute atomic E-state index is 0.638. The third kappa shape index (κ3) is 6.09. The maximum atomic E-state index is 14.0. The number of aliphatic hydroxyl groups excluding tert-OH is 4. The first-order chi connectivity index (χ1) is 17.3. The van der Waals surface area contributed by atoms with Gasteiger partial charge in [0.2, 0.25) is 6.29 Å². The quantitative estimate of drug-likeness (QED) is 0.110. The summed E-state index contributed by atoms with van der Waals surface area (Å²) in [5.74, 6) is -10.6. The summed E-state index contributed by atoms with van der Waals surface area (Å²) >= 11 is 0. The molecule has 3 rings (SSSR count). The molecule has 2 aliphatic rings. The fourth-order valence-electron chi connectivity index (χ4n) is 3.36. The predicted molar refractivity (Wildman–Crippen MR) is 107 cm³/mol. The number of hydrogen-bond acceptors (Lipinski definition) is 13. The number of phosphoric acid groups is 2. The molecule has 1 aromatic rings. The Morgan fingerprint density at radius 2 is 1.71 bits per heavy atom. The third-order valence-electron chi connectivity index (χ3n) is 5.20. The van der Waals surface area contributed by atoms with Crippen molar-refractivity contribution in [3.63, 3.8) is 0 Å². The lowest BCUT2D eigenvalue weighted by Crippen LogP contribution is -2.50. The first kappa shape index (κ1) is 31.0. The number of halogens is 4. The van der Waals surface area contributed by atoms with Crippen molar-refractivity contribution in [2.75, 3.05) is 13.2 Å². The Kier molecular flexibility index (Phi) is 8.77. The van der Waals surface area contributed by atoms with E-state index < -0.39 is 95.0 Å². The van der Waals surface area contributed by atoms with Crippen molar-refractivity contribution >= 4 is 15.6 Å². The van der Waals surface area contributed by atoms with Crippen molar-refractivity contribution in [3.8, 4) is 0 Å². The van der Waals surface area contributed by atoms with Gasteiger partial charge < -0.3 is 39.7 Å². The lowest BCUT2D eigenvalue weighted by molar-refractivity contribution is -0.231. The average Bonchev–Trinajstić information content (AvgIpc) is 3.15. The van der Waals surface area contributed by atoms with Gasteiger partial charge in [-0.2, -0.15) is 21.9 Å². The van der Waals surface area contributed by atoms with Crippen molar-refractivity contribution in [1.29, 1.82) is 0 Å². The highest BCUT2D eigenvalue weighted by molar-refractivity contribution is 7.61. The van der Waals surface area contributed by atoms with Gasteiger partial charge in [-0.1, -0.05) is 0 Å². The van der Waals surface area contributed by atoms with Gasteiger partial charge in [-0.25, -0.2) is 18.4 Å². The van der Waals surface area contributed by atoms with Crippen molar-refractivity contribution in [3.05, 3.63) is 33.1 Å². The summed E-state index contributed by atoms with van der Waals surface area (Å²) in [6.45, 7) is -2.68. The van der Waals surface area contributed by atoms with E-state index in [0.717, 1.165) is 12.3 Å². The highest BCUT2D eigenvalue weighted by Gasteiger charge is 2.75. The minimum Gasteiger partial charge on any atom is -0.394 e. The Hall–Kier alpha value is -1.58. The number of rotatable bonds is 10. The molecule has 0 aliphatic carbocycles. The molecule has 218 valence electrons. The van der Waals surface area contributed by atoms with Gasteiger partial charge >= 0.3 is 33.2 Å². The second-order valence-electron chi connectivity index (χ2n) is 7.87. The second kappa shape index (κ2) is 10.8. The normalized spacial score (nSPS) is 34.5. The van der Waals surface area contributed by atoms with Crippen LogP contribution in [-0.4, -0.2) is 102 Å². The zero-order valence-corrected chi connectivity index (χ0v) is 20.1. The van der Waals surface area contributed by atoms with Gasteiger partial charge in [0.15, 0.2) is 12.3 Å². The summed E-state index contributed by atoms with van der Waals surface area (Å²) in [6.07, 6.45) is -15.6. The van der Waals surface area contributed by atoms with Crippen LogP contribution in [0.15, 0.2) is 21.9 Å². The van der Waals surface area contributed by atoms with Crippen LogP contribution < -0.4 is 11.2 Å². The highest BCUT2D eigenvalue weighted by Crippen LogP contribution is 2.63. The average molecular weight is 606 g/mol. The molecule has 7 N–H and O–H groups in total. The highest BCUT2D eigenvalue weighted by atomic mass is 31.3. The molecule has 9 atom stereocenters. The zero-order chi connectivity index (χ0) is 28.8. The van der Waals surface area contributed by atoms with Crippen LogP contribution in [0.2, 0.25) is 0 Å². The summed E-state index contributed by atoms with van der Waals surface area (Å²) in [7, 11) is -12.0. The number of phosphoric ester groups is 2. The van der Waals surface area contributed by atoms with Crippen LogP contribution in [-0.2, 0) is 32.0 Å². The number of alkyl halides is 4. The van der Waals surface area contributed by atoms with E-state index in [0.29, 0.717) is 4.57 Å². The van der Waals surface area contributed by atoms with Crippen molar-refractivity contribution in [2.45, 2.75) is 54.9 Å². The molecule has 1 aromatic heterocycles. The molecule has 2 aliphatic heterocycles. The van der Waals surface area contributed by atoms with Crippen LogP contribution in [0.4, 0.5) is 17.6 Å². The van der Waals surface area contributed by atoms with Crippen molar-refractivity contribution in [1.82, 2.24) is 9.55 Å². The second-order valence-corrected chi connectivity index (χ2v) is 10.9. The molecule has 38 heavy (non-hydrogen) atoms. The van der Waals surface area contributed by atoms with E-state index in [9.17, 15) is 61.4 Å². The number of aromatic amines is 1. The summed E-state index contributed by atoms with van der Waals surface area (Å²) < 4.78 is 101. The summed E-state index contributed by atoms with van der Waals surface area (Å²) in [5.41, 5.74) is -1.88. The molecule has 2 saturated heterocycles. The van der Waals surface area contributed by atoms with Gasteiger partial charge in [0.05, 0.1) is 13.2 Å². The Labute approximate surface area is 207 Å². The van der Waals surface area contributed by atoms with Gasteiger partial charge in [-0.3, -0.25) is 18.9 Å². The number of H-pyrrole nitrogens is 1. The van der Waals surface area contributed by atoms with E-state index in [1.54, 1.807) is 0 Å². The first-order valence-corrected chi connectivity index (χ1v) is 13.0. The fourth-order valence-corrected chi connectivity index (χ4v) is 5.50. The third-order valence-corrected chi connectivity index (χ3v) is 7.79. The molecule has 2 fully saturated rings. The molecule has 0 amide bonds. The molecule has 0 saturated carbocycles. The van der Waals surface area contributed by atoms with Crippen LogP contribution in [0.3, 0.4) is 0 Å². The Balaban J connectivity index is 1.65.